The number of sulfone groups is 1. The summed E-state index contributed by atoms with van der Waals surface area (Å²) in [7, 11) is -2.90. The van der Waals surface area contributed by atoms with E-state index in [-0.39, 0.29) is 30.0 Å². The number of nitrogens with one attached hydrogen (secondary N) is 1. The van der Waals surface area contributed by atoms with E-state index in [2.05, 4.69) is 17.4 Å². The standard InChI is InChI=1S/C17H24N2O3S/c20-16(13-19-9-11-23(21,22)12-10-19)18-17(15-7-4-8-15)14-5-2-1-3-6-14/h1-3,5-6,15,17H,4,7-13H2,(H,18,20). The first-order chi connectivity index (χ1) is 11.0. The van der Waals surface area contributed by atoms with Crippen molar-refractivity contribution in [1.29, 1.82) is 0 Å². The Hall–Kier alpha value is -1.40. The Morgan fingerprint density at radius 1 is 1.17 bits per heavy atom. The van der Waals surface area contributed by atoms with Crippen LogP contribution in [0, 0.1) is 5.92 Å². The molecular weight excluding hydrogens is 312 g/mol. The summed E-state index contributed by atoms with van der Waals surface area (Å²) in [5.74, 6) is 0.823. The van der Waals surface area contributed by atoms with Crippen LogP contribution in [-0.2, 0) is 14.6 Å². The SMILES string of the molecule is O=C(CN1CCS(=O)(=O)CC1)NC(c1ccccc1)C1CCC1. The number of hydrogen-bond acceptors (Lipinski definition) is 4. The van der Waals surface area contributed by atoms with Crippen molar-refractivity contribution in [2.45, 2.75) is 25.3 Å². The summed E-state index contributed by atoms with van der Waals surface area (Å²) in [5, 5.41) is 3.17. The van der Waals surface area contributed by atoms with Crippen LogP contribution in [0.2, 0.25) is 0 Å². The number of nitrogens with zero attached hydrogens (tertiary/aromatic N) is 1. The fraction of sp³-hybridized carbons (Fsp3) is 0.588. The van der Waals surface area contributed by atoms with Crippen LogP contribution < -0.4 is 5.32 Å². The first-order valence-electron chi connectivity index (χ1n) is 8.30. The van der Waals surface area contributed by atoms with E-state index in [9.17, 15) is 13.2 Å². The van der Waals surface area contributed by atoms with E-state index in [0.717, 1.165) is 18.4 Å². The van der Waals surface area contributed by atoms with Crippen LogP contribution in [0.3, 0.4) is 0 Å². The van der Waals surface area contributed by atoms with E-state index in [1.54, 1.807) is 0 Å². The topological polar surface area (TPSA) is 66.5 Å². The molecule has 0 aromatic heterocycles. The van der Waals surface area contributed by atoms with E-state index < -0.39 is 9.84 Å². The molecule has 2 fully saturated rings. The molecule has 23 heavy (non-hydrogen) atoms. The van der Waals surface area contributed by atoms with E-state index in [0.29, 0.717) is 19.0 Å². The summed E-state index contributed by atoms with van der Waals surface area (Å²) in [4.78, 5) is 14.3. The molecule has 1 aliphatic heterocycles. The van der Waals surface area contributed by atoms with Crippen molar-refractivity contribution in [3.63, 3.8) is 0 Å². The highest BCUT2D eigenvalue weighted by Crippen LogP contribution is 2.37. The molecule has 1 heterocycles. The second-order valence-corrected chi connectivity index (χ2v) is 8.88. The lowest BCUT2D eigenvalue weighted by Crippen LogP contribution is -2.47. The Bertz CT molecular complexity index is 627. The van der Waals surface area contributed by atoms with Gasteiger partial charge in [0.25, 0.3) is 0 Å². The van der Waals surface area contributed by atoms with Gasteiger partial charge in [-0.15, -0.1) is 0 Å². The van der Waals surface area contributed by atoms with Crippen molar-refractivity contribution in [1.82, 2.24) is 10.2 Å². The van der Waals surface area contributed by atoms with Gasteiger partial charge >= 0.3 is 0 Å². The Balaban J connectivity index is 1.58. The molecule has 1 aromatic carbocycles. The smallest absolute Gasteiger partial charge is 0.234 e. The summed E-state index contributed by atoms with van der Waals surface area (Å²) in [5.41, 5.74) is 1.16. The number of benzene rings is 1. The molecule has 1 aliphatic carbocycles. The van der Waals surface area contributed by atoms with E-state index in [1.807, 2.05) is 23.1 Å². The molecule has 1 aromatic rings. The van der Waals surface area contributed by atoms with Crippen LogP contribution in [-0.4, -0.2) is 50.4 Å². The molecule has 6 heteroatoms. The predicted molar refractivity (Wildman–Crippen MR) is 89.8 cm³/mol. The average Bonchev–Trinajstić information content (AvgIpc) is 2.48. The molecule has 1 N–H and O–H groups in total. The fourth-order valence-corrected chi connectivity index (χ4v) is 4.51. The van der Waals surface area contributed by atoms with Crippen molar-refractivity contribution >= 4 is 15.7 Å². The Labute approximate surface area is 138 Å². The van der Waals surface area contributed by atoms with Crippen molar-refractivity contribution in [2.24, 2.45) is 5.92 Å². The van der Waals surface area contributed by atoms with Crippen molar-refractivity contribution in [2.75, 3.05) is 31.1 Å². The zero-order valence-corrected chi connectivity index (χ0v) is 14.1. The third-order valence-corrected chi connectivity index (χ3v) is 6.51. The summed E-state index contributed by atoms with van der Waals surface area (Å²) >= 11 is 0. The monoisotopic (exact) mass is 336 g/mol. The third-order valence-electron chi connectivity index (χ3n) is 4.90. The maximum Gasteiger partial charge on any atom is 0.234 e. The molecule has 1 unspecified atom stereocenters. The molecule has 1 saturated heterocycles. The molecule has 2 aliphatic rings. The second kappa shape index (κ2) is 7.01. The summed E-state index contributed by atoms with van der Waals surface area (Å²) in [6.07, 6.45) is 3.54. The van der Waals surface area contributed by atoms with Crippen LogP contribution >= 0.6 is 0 Å². The maximum atomic E-state index is 12.4. The third kappa shape index (κ3) is 4.32. The Morgan fingerprint density at radius 2 is 1.83 bits per heavy atom. The lowest BCUT2D eigenvalue weighted by molar-refractivity contribution is -0.123. The van der Waals surface area contributed by atoms with E-state index in [1.165, 1.54) is 6.42 Å². The Morgan fingerprint density at radius 3 is 2.39 bits per heavy atom. The van der Waals surface area contributed by atoms with Crippen LogP contribution in [0.4, 0.5) is 0 Å². The highest BCUT2D eigenvalue weighted by atomic mass is 32.2. The lowest BCUT2D eigenvalue weighted by Gasteiger charge is -2.35. The van der Waals surface area contributed by atoms with Gasteiger partial charge in [-0.3, -0.25) is 9.69 Å². The zero-order chi connectivity index (χ0) is 16.3. The first-order valence-corrected chi connectivity index (χ1v) is 10.1. The number of hydrogen-bond donors (Lipinski definition) is 1. The quantitative estimate of drug-likeness (QED) is 0.882. The number of carbonyl (C=O) groups excluding carboxylic acids is 1. The Kier molecular flexibility index (Phi) is 5.02. The molecule has 5 nitrogen and oxygen atoms in total. The largest absolute Gasteiger partial charge is 0.348 e. The van der Waals surface area contributed by atoms with Crippen LogP contribution in [0.1, 0.15) is 30.9 Å². The predicted octanol–water partition coefficient (Wildman–Crippen LogP) is 1.37. The highest BCUT2D eigenvalue weighted by molar-refractivity contribution is 7.91. The average molecular weight is 336 g/mol. The summed E-state index contributed by atoms with van der Waals surface area (Å²) in [6, 6.07) is 10.2. The van der Waals surface area contributed by atoms with Gasteiger partial charge in [-0.25, -0.2) is 8.42 Å². The molecule has 1 saturated carbocycles. The van der Waals surface area contributed by atoms with Gasteiger partial charge in [-0.2, -0.15) is 0 Å². The molecule has 0 spiro atoms. The second-order valence-electron chi connectivity index (χ2n) is 6.57. The molecule has 126 valence electrons. The van der Waals surface area contributed by atoms with Gasteiger partial charge in [0, 0.05) is 13.1 Å². The summed E-state index contributed by atoms with van der Waals surface area (Å²) in [6.45, 7) is 1.19. The molecule has 3 rings (SSSR count). The van der Waals surface area contributed by atoms with Crippen molar-refractivity contribution < 1.29 is 13.2 Å². The number of amides is 1. The molecule has 0 radical (unpaired) electrons. The van der Waals surface area contributed by atoms with Crippen molar-refractivity contribution in [3.05, 3.63) is 35.9 Å². The van der Waals surface area contributed by atoms with Crippen LogP contribution in [0.25, 0.3) is 0 Å². The van der Waals surface area contributed by atoms with Gasteiger partial charge in [0.05, 0.1) is 24.1 Å². The lowest BCUT2D eigenvalue weighted by atomic mass is 9.77. The molecule has 1 amide bonds. The normalized spacial score (nSPS) is 23.0. The molecule has 1 atom stereocenters. The minimum Gasteiger partial charge on any atom is -0.348 e. The minimum atomic E-state index is -2.90. The van der Waals surface area contributed by atoms with E-state index in [4.69, 9.17) is 0 Å². The van der Waals surface area contributed by atoms with Gasteiger partial charge in [0.15, 0.2) is 9.84 Å². The van der Waals surface area contributed by atoms with Gasteiger partial charge in [0.2, 0.25) is 5.91 Å². The molecule has 0 bridgehead atoms. The first kappa shape index (κ1) is 16.5. The van der Waals surface area contributed by atoms with E-state index >= 15 is 0 Å². The number of rotatable bonds is 5. The van der Waals surface area contributed by atoms with Gasteiger partial charge in [-0.05, 0) is 24.3 Å². The molecular formula is C17H24N2O3S. The fourth-order valence-electron chi connectivity index (χ4n) is 3.24. The van der Waals surface area contributed by atoms with Gasteiger partial charge < -0.3 is 5.32 Å². The number of carbonyl (C=O) groups is 1. The zero-order valence-electron chi connectivity index (χ0n) is 13.3. The maximum absolute atomic E-state index is 12.4. The van der Waals surface area contributed by atoms with Gasteiger partial charge in [0.1, 0.15) is 0 Å². The summed E-state index contributed by atoms with van der Waals surface area (Å²) < 4.78 is 22.9. The minimum absolute atomic E-state index is 0.00921. The van der Waals surface area contributed by atoms with Gasteiger partial charge in [-0.1, -0.05) is 36.8 Å². The van der Waals surface area contributed by atoms with Crippen molar-refractivity contribution in [3.8, 4) is 0 Å². The van der Waals surface area contributed by atoms with Crippen LogP contribution in [0.15, 0.2) is 30.3 Å². The highest BCUT2D eigenvalue weighted by Gasteiger charge is 2.30. The van der Waals surface area contributed by atoms with Crippen LogP contribution in [0.5, 0.6) is 0 Å².